The predicted molar refractivity (Wildman–Crippen MR) is 52.8 cm³/mol. The van der Waals surface area contributed by atoms with E-state index >= 15 is 0 Å². The van der Waals surface area contributed by atoms with Gasteiger partial charge in [-0.2, -0.15) is 0 Å². The first-order chi connectivity index (χ1) is 6.69. The number of aryl methyl sites for hydroxylation is 1. The molecule has 0 saturated carbocycles. The summed E-state index contributed by atoms with van der Waals surface area (Å²) in [5, 5.41) is 9.56. The van der Waals surface area contributed by atoms with Gasteiger partial charge in [0.15, 0.2) is 0 Å². The van der Waals surface area contributed by atoms with E-state index in [2.05, 4.69) is 4.84 Å². The van der Waals surface area contributed by atoms with Crippen molar-refractivity contribution < 1.29 is 14.7 Å². The van der Waals surface area contributed by atoms with E-state index in [4.69, 9.17) is 10.6 Å². The zero-order chi connectivity index (χ0) is 10.6. The van der Waals surface area contributed by atoms with Crippen LogP contribution in [0.3, 0.4) is 0 Å². The van der Waals surface area contributed by atoms with Crippen LogP contribution in [0.2, 0.25) is 0 Å². The summed E-state index contributed by atoms with van der Waals surface area (Å²) in [6.07, 6.45) is -0.690. The van der Waals surface area contributed by atoms with Crippen molar-refractivity contribution in [3.63, 3.8) is 0 Å². The third kappa shape index (κ3) is 2.45. The molecule has 0 aromatic heterocycles. The number of aliphatic hydroxyl groups excluding tert-OH is 1. The van der Waals surface area contributed by atoms with Crippen LogP contribution in [0.1, 0.15) is 17.2 Å². The smallest absolute Gasteiger partial charge is 0.121 e. The third-order valence-electron chi connectivity index (χ3n) is 2.06. The highest BCUT2D eigenvalue weighted by Gasteiger charge is 2.08. The van der Waals surface area contributed by atoms with E-state index < -0.39 is 6.10 Å². The van der Waals surface area contributed by atoms with Crippen molar-refractivity contribution in [2.24, 2.45) is 5.90 Å². The van der Waals surface area contributed by atoms with Crippen LogP contribution in [0.25, 0.3) is 0 Å². The van der Waals surface area contributed by atoms with Crippen molar-refractivity contribution in [2.75, 3.05) is 13.7 Å². The van der Waals surface area contributed by atoms with Gasteiger partial charge in [0.25, 0.3) is 0 Å². The molecule has 14 heavy (non-hydrogen) atoms. The lowest BCUT2D eigenvalue weighted by molar-refractivity contribution is 0.0358. The van der Waals surface area contributed by atoms with Crippen molar-refractivity contribution in [3.05, 3.63) is 29.3 Å². The zero-order valence-corrected chi connectivity index (χ0v) is 8.36. The Hall–Kier alpha value is -1.10. The Morgan fingerprint density at radius 1 is 1.50 bits per heavy atom. The fraction of sp³-hybridized carbons (Fsp3) is 0.400. The summed E-state index contributed by atoms with van der Waals surface area (Å²) >= 11 is 0. The second kappa shape index (κ2) is 4.95. The third-order valence-corrected chi connectivity index (χ3v) is 2.06. The van der Waals surface area contributed by atoms with Crippen LogP contribution in [0, 0.1) is 6.92 Å². The van der Waals surface area contributed by atoms with Gasteiger partial charge in [-0.05, 0) is 30.2 Å². The molecule has 1 atom stereocenters. The summed E-state index contributed by atoms with van der Waals surface area (Å²) in [4.78, 5) is 4.37. The summed E-state index contributed by atoms with van der Waals surface area (Å²) in [5.41, 5.74) is 1.75. The molecule has 0 amide bonds. The van der Waals surface area contributed by atoms with Gasteiger partial charge in [-0.15, -0.1) is 0 Å². The van der Waals surface area contributed by atoms with Crippen LogP contribution < -0.4 is 10.6 Å². The van der Waals surface area contributed by atoms with Gasteiger partial charge < -0.3 is 14.7 Å². The molecule has 0 aliphatic carbocycles. The van der Waals surface area contributed by atoms with Crippen LogP contribution in [-0.2, 0) is 4.84 Å². The Kier molecular flexibility index (Phi) is 3.88. The Morgan fingerprint density at radius 2 is 2.21 bits per heavy atom. The van der Waals surface area contributed by atoms with Gasteiger partial charge in [0.1, 0.15) is 11.9 Å². The number of rotatable bonds is 4. The van der Waals surface area contributed by atoms with E-state index in [1.54, 1.807) is 13.2 Å². The summed E-state index contributed by atoms with van der Waals surface area (Å²) < 4.78 is 5.10. The molecule has 4 heteroatoms. The van der Waals surface area contributed by atoms with Crippen molar-refractivity contribution in [2.45, 2.75) is 13.0 Å². The van der Waals surface area contributed by atoms with Gasteiger partial charge in [-0.1, -0.05) is 6.07 Å². The number of hydrogen-bond donors (Lipinski definition) is 2. The van der Waals surface area contributed by atoms with Crippen LogP contribution in [0.4, 0.5) is 0 Å². The fourth-order valence-corrected chi connectivity index (χ4v) is 1.30. The average Bonchev–Trinajstić information content (AvgIpc) is 2.18. The highest BCUT2D eigenvalue weighted by molar-refractivity contribution is 5.36. The molecule has 3 N–H and O–H groups in total. The fourth-order valence-electron chi connectivity index (χ4n) is 1.30. The van der Waals surface area contributed by atoms with Gasteiger partial charge in [-0.3, -0.25) is 0 Å². The van der Waals surface area contributed by atoms with Crippen molar-refractivity contribution in [1.82, 2.24) is 0 Å². The molecule has 4 nitrogen and oxygen atoms in total. The number of ether oxygens (including phenoxy) is 1. The SMILES string of the molecule is COc1ccc(C(O)CON)cc1C. The minimum absolute atomic E-state index is 0.0891. The van der Waals surface area contributed by atoms with E-state index in [9.17, 15) is 5.11 Å². The molecule has 1 rings (SSSR count). The lowest BCUT2D eigenvalue weighted by Gasteiger charge is -2.11. The molecule has 0 saturated heterocycles. The van der Waals surface area contributed by atoms with E-state index in [0.717, 1.165) is 16.9 Å². The minimum atomic E-state index is -0.690. The van der Waals surface area contributed by atoms with Crippen LogP contribution in [0.15, 0.2) is 18.2 Å². The molecule has 1 aromatic carbocycles. The number of hydrogen-bond acceptors (Lipinski definition) is 4. The standard InChI is InChI=1S/C10H15NO3/c1-7-5-8(9(12)6-14-11)3-4-10(7)13-2/h3-5,9,12H,6,11H2,1-2H3. The average molecular weight is 197 g/mol. The summed E-state index contributed by atoms with van der Waals surface area (Å²) in [7, 11) is 1.61. The first kappa shape index (κ1) is 11.0. The van der Waals surface area contributed by atoms with E-state index in [-0.39, 0.29) is 6.61 Å². The number of nitrogens with two attached hydrogens (primary N) is 1. The van der Waals surface area contributed by atoms with E-state index in [1.165, 1.54) is 0 Å². The van der Waals surface area contributed by atoms with Gasteiger partial charge in [0, 0.05) is 0 Å². The maximum Gasteiger partial charge on any atom is 0.121 e. The second-order valence-corrected chi connectivity index (χ2v) is 3.08. The van der Waals surface area contributed by atoms with Crippen LogP contribution >= 0.6 is 0 Å². The Bertz CT molecular complexity index is 301. The van der Waals surface area contributed by atoms with E-state index in [0.29, 0.717) is 0 Å². The molecular weight excluding hydrogens is 182 g/mol. The van der Waals surface area contributed by atoms with Gasteiger partial charge in [-0.25, -0.2) is 5.90 Å². The number of benzene rings is 1. The van der Waals surface area contributed by atoms with Crippen molar-refractivity contribution in [3.8, 4) is 5.75 Å². The highest BCUT2D eigenvalue weighted by atomic mass is 16.6. The molecule has 0 fully saturated rings. The predicted octanol–water partition coefficient (Wildman–Crippen LogP) is 0.927. The maximum atomic E-state index is 9.56. The largest absolute Gasteiger partial charge is 0.496 e. The molecule has 0 heterocycles. The topological polar surface area (TPSA) is 64.7 Å². The zero-order valence-electron chi connectivity index (χ0n) is 8.36. The molecule has 0 spiro atoms. The van der Waals surface area contributed by atoms with Crippen molar-refractivity contribution >= 4 is 0 Å². The maximum absolute atomic E-state index is 9.56. The number of aliphatic hydroxyl groups is 1. The second-order valence-electron chi connectivity index (χ2n) is 3.08. The summed E-state index contributed by atoms with van der Waals surface area (Å²) in [6.45, 7) is 2.00. The molecule has 1 unspecified atom stereocenters. The molecule has 0 aliphatic heterocycles. The Labute approximate surface area is 83.2 Å². The van der Waals surface area contributed by atoms with Crippen LogP contribution in [-0.4, -0.2) is 18.8 Å². The summed E-state index contributed by atoms with van der Waals surface area (Å²) in [5.74, 6) is 5.68. The molecule has 0 radical (unpaired) electrons. The molecule has 0 aliphatic rings. The first-order valence-corrected chi connectivity index (χ1v) is 4.33. The highest BCUT2D eigenvalue weighted by Crippen LogP contribution is 2.22. The van der Waals surface area contributed by atoms with Crippen molar-refractivity contribution in [1.29, 1.82) is 0 Å². The summed E-state index contributed by atoms with van der Waals surface area (Å²) in [6, 6.07) is 5.45. The molecular formula is C10H15NO3. The van der Waals surface area contributed by atoms with Gasteiger partial charge >= 0.3 is 0 Å². The molecule has 78 valence electrons. The molecule has 1 aromatic rings. The minimum Gasteiger partial charge on any atom is -0.496 e. The Balaban J connectivity index is 2.85. The molecule has 0 bridgehead atoms. The lowest BCUT2D eigenvalue weighted by Crippen LogP contribution is -2.10. The monoisotopic (exact) mass is 197 g/mol. The lowest BCUT2D eigenvalue weighted by atomic mass is 10.1. The van der Waals surface area contributed by atoms with Gasteiger partial charge in [0.2, 0.25) is 0 Å². The number of methoxy groups -OCH3 is 1. The van der Waals surface area contributed by atoms with Gasteiger partial charge in [0.05, 0.1) is 13.7 Å². The van der Waals surface area contributed by atoms with E-state index in [1.807, 2.05) is 19.1 Å². The normalized spacial score (nSPS) is 12.6. The quantitative estimate of drug-likeness (QED) is 0.705. The van der Waals surface area contributed by atoms with Crippen LogP contribution in [0.5, 0.6) is 5.75 Å². The Morgan fingerprint density at radius 3 is 2.71 bits per heavy atom. The first-order valence-electron chi connectivity index (χ1n) is 4.33.